The summed E-state index contributed by atoms with van der Waals surface area (Å²) >= 11 is 11.5. The van der Waals surface area contributed by atoms with Gasteiger partial charge in [-0.1, -0.05) is 11.6 Å². The van der Waals surface area contributed by atoms with Crippen molar-refractivity contribution in [3.63, 3.8) is 0 Å². The molecule has 0 heterocycles. The summed E-state index contributed by atoms with van der Waals surface area (Å²) in [5.41, 5.74) is 0.109. The van der Waals surface area contributed by atoms with Crippen LogP contribution in [0.5, 0.6) is 0 Å². The van der Waals surface area contributed by atoms with Gasteiger partial charge in [-0.3, -0.25) is 0 Å². The van der Waals surface area contributed by atoms with E-state index in [-0.39, 0.29) is 23.6 Å². The van der Waals surface area contributed by atoms with E-state index < -0.39 is 29.8 Å². The summed E-state index contributed by atoms with van der Waals surface area (Å²) in [5.74, 6) is -2.24. The van der Waals surface area contributed by atoms with Crippen LogP contribution in [0.3, 0.4) is 0 Å². The van der Waals surface area contributed by atoms with Crippen LogP contribution in [0.15, 0.2) is 12.1 Å². The second kappa shape index (κ2) is 6.72. The normalized spacial score (nSPS) is 13.6. The number of halogens is 7. The van der Waals surface area contributed by atoms with Crippen LogP contribution in [0.25, 0.3) is 0 Å². The van der Waals surface area contributed by atoms with E-state index in [0.29, 0.717) is 0 Å². The number of hydrogen-bond acceptors (Lipinski definition) is 1. The molecule has 1 atom stereocenters. The second-order valence-corrected chi connectivity index (χ2v) is 4.65. The molecule has 1 aromatic rings. The van der Waals surface area contributed by atoms with Gasteiger partial charge in [0.15, 0.2) is 11.6 Å². The Labute approximate surface area is 116 Å². The fourth-order valence-electron chi connectivity index (χ4n) is 1.31. The highest BCUT2D eigenvalue weighted by atomic mass is 35.5. The summed E-state index contributed by atoms with van der Waals surface area (Å²) in [5, 5.41) is -0.953. The van der Waals surface area contributed by atoms with Crippen molar-refractivity contribution in [2.24, 2.45) is 0 Å². The second-order valence-electron chi connectivity index (χ2n) is 3.71. The first kappa shape index (κ1) is 16.5. The first-order chi connectivity index (χ1) is 8.70. The fourth-order valence-corrected chi connectivity index (χ4v) is 1.92. The molecule has 0 fully saturated rings. The molecule has 0 saturated heterocycles. The Morgan fingerprint density at radius 1 is 1.16 bits per heavy atom. The maximum Gasteiger partial charge on any atom is 0.411 e. The van der Waals surface area contributed by atoms with Gasteiger partial charge in [-0.05, 0) is 24.1 Å². The molecule has 8 heteroatoms. The SMILES string of the molecule is Fc1cc(Cl)c(C(Cl)CCOCC(F)(F)F)cc1F. The maximum atomic E-state index is 13.0. The molecule has 0 aliphatic rings. The molecule has 0 N–H and O–H groups in total. The number of alkyl halides is 4. The highest BCUT2D eigenvalue weighted by Gasteiger charge is 2.27. The van der Waals surface area contributed by atoms with E-state index in [1.807, 2.05) is 0 Å². The van der Waals surface area contributed by atoms with Crippen LogP contribution in [-0.2, 0) is 4.74 Å². The van der Waals surface area contributed by atoms with Crippen molar-refractivity contribution in [2.75, 3.05) is 13.2 Å². The summed E-state index contributed by atoms with van der Waals surface area (Å²) in [6.45, 7) is -1.66. The zero-order valence-electron chi connectivity index (χ0n) is 9.41. The van der Waals surface area contributed by atoms with Crippen LogP contribution in [-0.4, -0.2) is 19.4 Å². The van der Waals surface area contributed by atoms with Crippen molar-refractivity contribution >= 4 is 23.2 Å². The van der Waals surface area contributed by atoms with Gasteiger partial charge in [-0.15, -0.1) is 11.6 Å². The molecule has 1 aromatic carbocycles. The van der Waals surface area contributed by atoms with Gasteiger partial charge in [0.05, 0.1) is 5.38 Å². The number of benzene rings is 1. The van der Waals surface area contributed by atoms with E-state index in [0.717, 1.165) is 12.1 Å². The van der Waals surface area contributed by atoms with Gasteiger partial charge in [0.25, 0.3) is 0 Å². The van der Waals surface area contributed by atoms with Crippen molar-refractivity contribution in [1.82, 2.24) is 0 Å². The molecule has 1 nitrogen and oxygen atoms in total. The molecule has 0 bridgehead atoms. The quantitative estimate of drug-likeness (QED) is 0.325. The van der Waals surface area contributed by atoms with Crippen molar-refractivity contribution in [3.05, 3.63) is 34.4 Å². The third-order valence-corrected chi connectivity index (χ3v) is 2.94. The smallest absolute Gasteiger partial charge is 0.372 e. The van der Waals surface area contributed by atoms with E-state index >= 15 is 0 Å². The summed E-state index contributed by atoms with van der Waals surface area (Å²) in [6, 6.07) is 1.58. The van der Waals surface area contributed by atoms with Crippen molar-refractivity contribution in [3.8, 4) is 0 Å². The third-order valence-electron chi connectivity index (χ3n) is 2.16. The molecule has 1 unspecified atom stereocenters. The average Bonchev–Trinajstić information content (AvgIpc) is 2.28. The predicted octanol–water partition coefficient (Wildman–Crippen LogP) is 4.87. The first-order valence-electron chi connectivity index (χ1n) is 5.13. The minimum atomic E-state index is -4.42. The van der Waals surface area contributed by atoms with Gasteiger partial charge >= 0.3 is 6.18 Å². The number of rotatable bonds is 5. The molecule has 0 radical (unpaired) electrons. The summed E-state index contributed by atoms with van der Waals surface area (Å²) in [7, 11) is 0. The molecule has 0 saturated carbocycles. The minimum Gasteiger partial charge on any atom is -0.372 e. The van der Waals surface area contributed by atoms with E-state index in [4.69, 9.17) is 23.2 Å². The molecule has 0 aromatic heterocycles. The Balaban J connectivity index is 2.54. The topological polar surface area (TPSA) is 9.23 Å². The summed E-state index contributed by atoms with van der Waals surface area (Å²) < 4.78 is 65.5. The zero-order chi connectivity index (χ0) is 14.6. The first-order valence-corrected chi connectivity index (χ1v) is 5.95. The molecule has 108 valence electrons. The molecular weight excluding hydrogens is 314 g/mol. The van der Waals surface area contributed by atoms with Crippen molar-refractivity contribution < 1.29 is 26.7 Å². The molecule has 0 aliphatic carbocycles. The Morgan fingerprint density at radius 3 is 2.32 bits per heavy atom. The van der Waals surface area contributed by atoms with Crippen LogP contribution < -0.4 is 0 Å². The standard InChI is InChI=1S/C11H9Cl2F5O/c12-7(1-2-19-5-11(16,17)18)6-3-9(14)10(15)4-8(6)13/h3-4,7H,1-2,5H2. The van der Waals surface area contributed by atoms with Gasteiger partial charge in [-0.25, -0.2) is 8.78 Å². The lowest BCUT2D eigenvalue weighted by Crippen LogP contribution is -2.17. The highest BCUT2D eigenvalue weighted by Crippen LogP contribution is 2.32. The largest absolute Gasteiger partial charge is 0.411 e. The van der Waals surface area contributed by atoms with Crippen LogP contribution in [0.2, 0.25) is 5.02 Å². The summed E-state index contributed by atoms with van der Waals surface area (Å²) in [6.07, 6.45) is -4.43. The molecule has 19 heavy (non-hydrogen) atoms. The molecular formula is C11H9Cl2F5O. The predicted molar refractivity (Wildman–Crippen MR) is 61.5 cm³/mol. The van der Waals surface area contributed by atoms with Gasteiger partial charge in [-0.2, -0.15) is 13.2 Å². The van der Waals surface area contributed by atoms with Gasteiger partial charge in [0.1, 0.15) is 6.61 Å². The van der Waals surface area contributed by atoms with Crippen molar-refractivity contribution in [2.45, 2.75) is 18.0 Å². The number of hydrogen-bond donors (Lipinski definition) is 0. The lowest BCUT2D eigenvalue weighted by atomic mass is 10.1. The Hall–Kier alpha value is -0.590. The van der Waals surface area contributed by atoms with Gasteiger partial charge in [0, 0.05) is 11.6 Å². The molecule has 0 amide bonds. The monoisotopic (exact) mass is 322 g/mol. The Bertz CT molecular complexity index is 436. The van der Waals surface area contributed by atoms with Gasteiger partial charge in [0.2, 0.25) is 0 Å². The Morgan fingerprint density at radius 2 is 1.74 bits per heavy atom. The van der Waals surface area contributed by atoms with Crippen LogP contribution >= 0.6 is 23.2 Å². The third kappa shape index (κ3) is 5.50. The minimum absolute atomic E-state index is 0.0115. The van der Waals surface area contributed by atoms with Crippen molar-refractivity contribution in [1.29, 1.82) is 0 Å². The molecule has 1 rings (SSSR count). The van der Waals surface area contributed by atoms with E-state index in [1.54, 1.807) is 0 Å². The number of ether oxygens (including phenoxy) is 1. The highest BCUT2D eigenvalue weighted by molar-refractivity contribution is 6.32. The molecule has 0 aliphatic heterocycles. The van der Waals surface area contributed by atoms with Gasteiger partial charge < -0.3 is 4.74 Å². The van der Waals surface area contributed by atoms with E-state index in [2.05, 4.69) is 4.74 Å². The average molecular weight is 323 g/mol. The lowest BCUT2D eigenvalue weighted by Gasteiger charge is -2.13. The zero-order valence-corrected chi connectivity index (χ0v) is 10.9. The van der Waals surface area contributed by atoms with Crippen LogP contribution in [0, 0.1) is 11.6 Å². The summed E-state index contributed by atoms with van der Waals surface area (Å²) in [4.78, 5) is 0. The van der Waals surface area contributed by atoms with E-state index in [1.165, 1.54) is 0 Å². The maximum absolute atomic E-state index is 13.0. The fraction of sp³-hybridized carbons (Fsp3) is 0.455. The van der Waals surface area contributed by atoms with Crippen LogP contribution in [0.1, 0.15) is 17.4 Å². The molecule has 0 spiro atoms. The van der Waals surface area contributed by atoms with Crippen LogP contribution in [0.4, 0.5) is 22.0 Å². The van der Waals surface area contributed by atoms with E-state index in [9.17, 15) is 22.0 Å². The Kier molecular flexibility index (Phi) is 5.82. The lowest BCUT2D eigenvalue weighted by molar-refractivity contribution is -0.174.